The fraction of sp³-hybridized carbons (Fsp3) is 0.200. The van der Waals surface area contributed by atoms with Crippen molar-refractivity contribution in [3.8, 4) is 11.4 Å². The summed E-state index contributed by atoms with van der Waals surface area (Å²) in [5.74, 6) is 0.212. The summed E-state index contributed by atoms with van der Waals surface area (Å²) in [7, 11) is 0. The topological polar surface area (TPSA) is 83.6 Å². The highest BCUT2D eigenvalue weighted by atomic mass is 19.1. The van der Waals surface area contributed by atoms with E-state index in [0.29, 0.717) is 35.5 Å². The van der Waals surface area contributed by atoms with Gasteiger partial charge in [-0.15, -0.1) is 0 Å². The molecule has 2 aromatic heterocycles. The van der Waals surface area contributed by atoms with Crippen molar-refractivity contribution in [2.24, 2.45) is 0 Å². The van der Waals surface area contributed by atoms with Crippen LogP contribution in [0.15, 0.2) is 30.5 Å². The van der Waals surface area contributed by atoms with E-state index >= 15 is 0 Å². The van der Waals surface area contributed by atoms with E-state index < -0.39 is 0 Å². The normalized spacial score (nSPS) is 10.8. The van der Waals surface area contributed by atoms with Crippen LogP contribution in [0.4, 0.5) is 4.39 Å². The molecule has 0 aliphatic rings. The second-order valence-corrected chi connectivity index (χ2v) is 4.81. The summed E-state index contributed by atoms with van der Waals surface area (Å²) in [4.78, 5) is 18.7. The maximum Gasteiger partial charge on any atom is 0.220 e. The second kappa shape index (κ2) is 5.88. The zero-order valence-electron chi connectivity index (χ0n) is 11.9. The van der Waals surface area contributed by atoms with Gasteiger partial charge in [0, 0.05) is 12.0 Å². The molecule has 0 aliphatic heterocycles. The molecule has 3 aromatic rings. The van der Waals surface area contributed by atoms with E-state index in [4.69, 9.17) is 0 Å². The molecular formula is C15H14FN5O. The monoisotopic (exact) mass is 299 g/mol. The fourth-order valence-corrected chi connectivity index (χ4v) is 2.06. The Morgan fingerprint density at radius 3 is 3.05 bits per heavy atom. The number of fused-ring (bicyclic) bond motifs is 1. The number of nitrogens with one attached hydrogen (secondary N) is 2. The lowest BCUT2D eigenvalue weighted by atomic mass is 10.2. The zero-order valence-corrected chi connectivity index (χ0v) is 11.9. The minimum Gasteiger partial charge on any atom is -0.350 e. The highest BCUT2D eigenvalue weighted by Crippen LogP contribution is 2.20. The summed E-state index contributed by atoms with van der Waals surface area (Å²) < 4.78 is 13.2. The van der Waals surface area contributed by atoms with Crippen molar-refractivity contribution in [1.82, 2.24) is 25.5 Å². The second-order valence-electron chi connectivity index (χ2n) is 4.81. The molecule has 1 amide bonds. The van der Waals surface area contributed by atoms with Gasteiger partial charge >= 0.3 is 0 Å². The molecule has 0 aliphatic carbocycles. The molecule has 7 heteroatoms. The third-order valence-electron chi connectivity index (χ3n) is 3.21. The molecule has 22 heavy (non-hydrogen) atoms. The SMILES string of the molecule is CCC(=O)NCc1cc(-c2nc3ccc(F)cc3[nH]2)cnn1. The number of aromatic nitrogens is 4. The summed E-state index contributed by atoms with van der Waals surface area (Å²) in [6, 6.07) is 6.16. The number of carbonyl (C=O) groups is 1. The van der Waals surface area contributed by atoms with Crippen LogP contribution in [0, 0.1) is 5.82 Å². The van der Waals surface area contributed by atoms with E-state index in [-0.39, 0.29) is 11.7 Å². The Morgan fingerprint density at radius 2 is 2.23 bits per heavy atom. The van der Waals surface area contributed by atoms with Crippen LogP contribution < -0.4 is 5.32 Å². The molecule has 1 aromatic carbocycles. The molecule has 0 fully saturated rings. The van der Waals surface area contributed by atoms with Gasteiger partial charge in [-0.3, -0.25) is 4.79 Å². The number of hydrogen-bond acceptors (Lipinski definition) is 4. The van der Waals surface area contributed by atoms with Gasteiger partial charge in [0.25, 0.3) is 0 Å². The molecule has 0 spiro atoms. The first kappa shape index (κ1) is 14.1. The smallest absolute Gasteiger partial charge is 0.220 e. The Bertz CT molecular complexity index is 830. The molecule has 0 bridgehead atoms. The quantitative estimate of drug-likeness (QED) is 0.773. The first-order chi connectivity index (χ1) is 10.7. The van der Waals surface area contributed by atoms with Gasteiger partial charge in [0.15, 0.2) is 0 Å². The standard InChI is InChI=1S/C15H14FN5O/c1-2-14(22)17-8-11-5-9(7-18-21-11)15-19-12-4-3-10(16)6-13(12)20-15/h3-7H,2,8H2,1H3,(H,17,22)(H,19,20). The number of benzene rings is 1. The van der Waals surface area contributed by atoms with Crippen molar-refractivity contribution < 1.29 is 9.18 Å². The van der Waals surface area contributed by atoms with Crippen LogP contribution in [0.5, 0.6) is 0 Å². The summed E-state index contributed by atoms with van der Waals surface area (Å²) in [6.07, 6.45) is 1.99. The van der Waals surface area contributed by atoms with Crippen molar-refractivity contribution in [3.05, 3.63) is 42.0 Å². The average molecular weight is 299 g/mol. The lowest BCUT2D eigenvalue weighted by Crippen LogP contribution is -2.22. The van der Waals surface area contributed by atoms with Gasteiger partial charge in [0.1, 0.15) is 11.6 Å². The Kier molecular flexibility index (Phi) is 3.78. The van der Waals surface area contributed by atoms with Crippen LogP contribution in [-0.4, -0.2) is 26.1 Å². The van der Waals surface area contributed by atoms with Gasteiger partial charge in [-0.25, -0.2) is 9.37 Å². The third-order valence-corrected chi connectivity index (χ3v) is 3.21. The maximum absolute atomic E-state index is 13.2. The summed E-state index contributed by atoms with van der Waals surface area (Å²) in [5.41, 5.74) is 2.65. The van der Waals surface area contributed by atoms with Gasteiger partial charge in [0.2, 0.25) is 5.91 Å². The number of amides is 1. The van der Waals surface area contributed by atoms with E-state index in [1.165, 1.54) is 12.1 Å². The Morgan fingerprint density at radius 1 is 1.36 bits per heavy atom. The molecule has 0 radical (unpaired) electrons. The van der Waals surface area contributed by atoms with Gasteiger partial charge in [-0.05, 0) is 24.3 Å². The Labute approximate surface area is 125 Å². The number of carbonyl (C=O) groups excluding carboxylic acids is 1. The number of H-pyrrole nitrogens is 1. The van der Waals surface area contributed by atoms with Crippen LogP contribution in [0.2, 0.25) is 0 Å². The van der Waals surface area contributed by atoms with Crippen molar-refractivity contribution in [3.63, 3.8) is 0 Å². The summed E-state index contributed by atoms with van der Waals surface area (Å²) >= 11 is 0. The fourth-order valence-electron chi connectivity index (χ4n) is 2.06. The van der Waals surface area contributed by atoms with E-state index in [0.717, 1.165) is 5.56 Å². The number of imidazole rings is 1. The minimum atomic E-state index is -0.321. The lowest BCUT2D eigenvalue weighted by molar-refractivity contribution is -0.120. The number of halogens is 1. The molecule has 6 nitrogen and oxygen atoms in total. The van der Waals surface area contributed by atoms with Crippen LogP contribution >= 0.6 is 0 Å². The molecule has 0 atom stereocenters. The Hall–Kier alpha value is -2.83. The van der Waals surface area contributed by atoms with Crippen LogP contribution in [0.3, 0.4) is 0 Å². The number of hydrogen-bond donors (Lipinski definition) is 2. The van der Waals surface area contributed by atoms with E-state index in [1.54, 1.807) is 25.3 Å². The first-order valence-electron chi connectivity index (χ1n) is 6.89. The minimum absolute atomic E-state index is 0.0496. The predicted octanol–water partition coefficient (Wildman–Crippen LogP) is 2.19. The lowest BCUT2D eigenvalue weighted by Gasteiger charge is -2.03. The molecule has 2 N–H and O–H groups in total. The third kappa shape index (κ3) is 2.93. The number of aromatic amines is 1. The zero-order chi connectivity index (χ0) is 15.5. The molecular weight excluding hydrogens is 285 g/mol. The highest BCUT2D eigenvalue weighted by Gasteiger charge is 2.08. The molecule has 0 saturated heterocycles. The average Bonchev–Trinajstić information content (AvgIpc) is 2.96. The van der Waals surface area contributed by atoms with Crippen molar-refractivity contribution in [2.45, 2.75) is 19.9 Å². The number of nitrogens with zero attached hydrogens (tertiary/aromatic N) is 3. The van der Waals surface area contributed by atoms with Gasteiger partial charge in [-0.2, -0.15) is 10.2 Å². The first-order valence-corrected chi connectivity index (χ1v) is 6.89. The van der Waals surface area contributed by atoms with Crippen molar-refractivity contribution >= 4 is 16.9 Å². The van der Waals surface area contributed by atoms with Gasteiger partial charge < -0.3 is 10.3 Å². The van der Waals surface area contributed by atoms with Crippen LogP contribution in [-0.2, 0) is 11.3 Å². The number of rotatable bonds is 4. The molecule has 0 saturated carbocycles. The van der Waals surface area contributed by atoms with Crippen molar-refractivity contribution in [1.29, 1.82) is 0 Å². The Balaban J connectivity index is 1.88. The van der Waals surface area contributed by atoms with Crippen LogP contribution in [0.25, 0.3) is 22.4 Å². The van der Waals surface area contributed by atoms with Gasteiger partial charge in [0.05, 0.1) is 29.5 Å². The van der Waals surface area contributed by atoms with E-state index in [9.17, 15) is 9.18 Å². The summed E-state index contributed by atoms with van der Waals surface area (Å²) in [5, 5.41) is 10.6. The molecule has 2 heterocycles. The molecule has 0 unspecified atom stereocenters. The summed E-state index contributed by atoms with van der Waals surface area (Å²) in [6.45, 7) is 2.09. The van der Waals surface area contributed by atoms with E-state index in [1.807, 2.05) is 0 Å². The largest absolute Gasteiger partial charge is 0.350 e. The highest BCUT2D eigenvalue weighted by molar-refractivity contribution is 5.79. The maximum atomic E-state index is 13.2. The van der Waals surface area contributed by atoms with Crippen LogP contribution in [0.1, 0.15) is 19.0 Å². The van der Waals surface area contributed by atoms with Crippen molar-refractivity contribution in [2.75, 3.05) is 0 Å². The molecule has 112 valence electrons. The van der Waals surface area contributed by atoms with Gasteiger partial charge in [-0.1, -0.05) is 6.92 Å². The van der Waals surface area contributed by atoms with E-state index in [2.05, 4.69) is 25.5 Å². The predicted molar refractivity (Wildman–Crippen MR) is 79.2 cm³/mol. The molecule has 3 rings (SSSR count).